The lowest BCUT2D eigenvalue weighted by molar-refractivity contribution is -0.122. The number of amides is 3. The van der Waals surface area contributed by atoms with E-state index in [0.29, 0.717) is 4.91 Å². The monoisotopic (exact) mass is 368 g/mol. The molecule has 0 saturated carbocycles. The number of aromatic nitrogens is 2. The number of benzene rings is 1. The molecule has 132 valence electrons. The van der Waals surface area contributed by atoms with Crippen molar-refractivity contribution in [1.29, 1.82) is 0 Å². The van der Waals surface area contributed by atoms with Gasteiger partial charge >= 0.3 is 0 Å². The Bertz CT molecular complexity index is 866. The van der Waals surface area contributed by atoms with Crippen molar-refractivity contribution in [1.82, 2.24) is 20.2 Å². The van der Waals surface area contributed by atoms with Crippen molar-refractivity contribution in [3.05, 3.63) is 64.6 Å². The summed E-state index contributed by atoms with van der Waals surface area (Å²) in [5.41, 5.74) is 2.16. The van der Waals surface area contributed by atoms with Crippen molar-refractivity contribution < 1.29 is 14.4 Å². The highest BCUT2D eigenvalue weighted by molar-refractivity contribution is 8.18. The number of rotatable bonds is 5. The average molecular weight is 368 g/mol. The summed E-state index contributed by atoms with van der Waals surface area (Å²) >= 11 is 0.900. The largest absolute Gasteiger partial charge is 0.349 e. The van der Waals surface area contributed by atoms with Crippen molar-refractivity contribution in [3.8, 4) is 0 Å². The van der Waals surface area contributed by atoms with Gasteiger partial charge in [-0.1, -0.05) is 29.8 Å². The third kappa shape index (κ3) is 4.15. The van der Waals surface area contributed by atoms with Gasteiger partial charge in [0, 0.05) is 25.5 Å². The molecule has 3 amide bonds. The van der Waals surface area contributed by atoms with Crippen LogP contribution in [0.3, 0.4) is 0 Å². The number of carbonyl (C=O) groups is 3. The van der Waals surface area contributed by atoms with Crippen LogP contribution in [0.1, 0.15) is 21.6 Å². The molecule has 1 aromatic carbocycles. The quantitative estimate of drug-likeness (QED) is 0.814. The van der Waals surface area contributed by atoms with Crippen LogP contribution in [0.15, 0.2) is 47.8 Å². The summed E-state index contributed by atoms with van der Waals surface area (Å²) in [6, 6.07) is 7.67. The molecule has 0 aliphatic carbocycles. The predicted octanol–water partition coefficient (Wildman–Crippen LogP) is 2.25. The maximum Gasteiger partial charge on any atom is 0.293 e. The number of imide groups is 1. The zero-order valence-electron chi connectivity index (χ0n) is 14.0. The van der Waals surface area contributed by atoms with Gasteiger partial charge in [0.1, 0.15) is 5.69 Å². The van der Waals surface area contributed by atoms with Crippen molar-refractivity contribution in [2.45, 2.75) is 6.92 Å². The third-order valence-corrected chi connectivity index (χ3v) is 4.57. The Morgan fingerprint density at radius 3 is 2.69 bits per heavy atom. The number of nitrogens with one attached hydrogen (secondary N) is 1. The molecule has 26 heavy (non-hydrogen) atoms. The summed E-state index contributed by atoms with van der Waals surface area (Å²) < 4.78 is 0. The summed E-state index contributed by atoms with van der Waals surface area (Å²) in [5.74, 6) is -0.755. The number of carbonyl (C=O) groups excluding carboxylic acids is 3. The first-order valence-corrected chi connectivity index (χ1v) is 8.72. The van der Waals surface area contributed by atoms with Crippen LogP contribution in [0.25, 0.3) is 6.08 Å². The first kappa shape index (κ1) is 17.8. The van der Waals surface area contributed by atoms with Crippen LogP contribution in [0, 0.1) is 6.92 Å². The fourth-order valence-electron chi connectivity index (χ4n) is 2.29. The molecule has 3 rings (SSSR count). The van der Waals surface area contributed by atoms with E-state index < -0.39 is 5.91 Å². The molecule has 1 aliphatic heterocycles. The van der Waals surface area contributed by atoms with E-state index in [1.54, 1.807) is 6.08 Å². The number of aryl methyl sites for hydroxylation is 1. The third-order valence-electron chi connectivity index (χ3n) is 3.67. The van der Waals surface area contributed by atoms with Crippen molar-refractivity contribution in [2.75, 3.05) is 13.1 Å². The lowest BCUT2D eigenvalue weighted by Crippen LogP contribution is -2.37. The lowest BCUT2D eigenvalue weighted by atomic mass is 10.1. The van der Waals surface area contributed by atoms with E-state index in [1.165, 1.54) is 18.6 Å². The molecule has 1 fully saturated rings. The van der Waals surface area contributed by atoms with Gasteiger partial charge in [0.15, 0.2) is 0 Å². The van der Waals surface area contributed by atoms with Crippen LogP contribution >= 0.6 is 11.8 Å². The summed E-state index contributed by atoms with van der Waals surface area (Å²) in [6.45, 7) is 2.22. The molecule has 1 N–H and O–H groups in total. The molecule has 0 atom stereocenters. The van der Waals surface area contributed by atoms with Gasteiger partial charge in [-0.15, -0.1) is 0 Å². The number of thioether (sulfide) groups is 1. The molecule has 0 unspecified atom stereocenters. The van der Waals surface area contributed by atoms with Gasteiger partial charge in [0.2, 0.25) is 0 Å². The summed E-state index contributed by atoms with van der Waals surface area (Å²) in [5, 5.41) is 2.28. The maximum absolute atomic E-state index is 12.4. The maximum atomic E-state index is 12.4. The van der Waals surface area contributed by atoms with Crippen molar-refractivity contribution in [2.24, 2.45) is 0 Å². The Hall–Kier alpha value is -3.00. The highest BCUT2D eigenvalue weighted by atomic mass is 32.2. The second kappa shape index (κ2) is 7.92. The van der Waals surface area contributed by atoms with Gasteiger partial charge in [0.05, 0.1) is 11.1 Å². The molecule has 1 aromatic heterocycles. The van der Waals surface area contributed by atoms with Crippen molar-refractivity contribution >= 4 is 34.9 Å². The molecule has 8 heteroatoms. The van der Waals surface area contributed by atoms with Crippen LogP contribution in [0.2, 0.25) is 0 Å². The Kier molecular flexibility index (Phi) is 5.43. The standard InChI is InChI=1S/C18H16N4O3S/c1-12-2-4-13(5-3-12)10-15-17(24)22(18(25)26-15)9-8-21-16(23)14-11-19-6-7-20-14/h2-7,10-11H,8-9H2,1H3,(H,21,23)/b15-10+. The fourth-order valence-corrected chi connectivity index (χ4v) is 3.16. The molecule has 1 aliphatic rings. The molecule has 0 bridgehead atoms. The minimum atomic E-state index is -0.403. The lowest BCUT2D eigenvalue weighted by Gasteiger charge is -2.12. The van der Waals surface area contributed by atoms with Crippen LogP contribution in [0.4, 0.5) is 4.79 Å². The summed E-state index contributed by atoms with van der Waals surface area (Å²) in [7, 11) is 0. The van der Waals surface area contributed by atoms with Crippen LogP contribution in [-0.4, -0.2) is 45.0 Å². The highest BCUT2D eigenvalue weighted by Crippen LogP contribution is 2.31. The normalized spacial score (nSPS) is 15.6. The zero-order chi connectivity index (χ0) is 18.5. The van der Waals surface area contributed by atoms with Gasteiger partial charge in [-0.3, -0.25) is 24.3 Å². The number of hydrogen-bond donors (Lipinski definition) is 1. The second-order valence-electron chi connectivity index (χ2n) is 5.59. The fraction of sp³-hybridized carbons (Fsp3) is 0.167. The van der Waals surface area contributed by atoms with Gasteiger partial charge in [0.25, 0.3) is 17.1 Å². The van der Waals surface area contributed by atoms with Crippen LogP contribution < -0.4 is 5.32 Å². The number of hydrogen-bond acceptors (Lipinski definition) is 6. The molecular formula is C18H16N4O3S. The Morgan fingerprint density at radius 1 is 1.23 bits per heavy atom. The van der Waals surface area contributed by atoms with Gasteiger partial charge in [-0.25, -0.2) is 4.98 Å². The van der Waals surface area contributed by atoms with E-state index in [-0.39, 0.29) is 29.9 Å². The average Bonchev–Trinajstić information content (AvgIpc) is 2.91. The van der Waals surface area contributed by atoms with E-state index >= 15 is 0 Å². The molecular weight excluding hydrogens is 352 g/mol. The minimum Gasteiger partial charge on any atom is -0.349 e. The molecule has 1 saturated heterocycles. The molecule has 2 heterocycles. The second-order valence-corrected chi connectivity index (χ2v) is 6.58. The first-order valence-electron chi connectivity index (χ1n) is 7.91. The number of nitrogens with zero attached hydrogens (tertiary/aromatic N) is 3. The minimum absolute atomic E-state index is 0.0991. The highest BCUT2D eigenvalue weighted by Gasteiger charge is 2.34. The molecule has 7 nitrogen and oxygen atoms in total. The smallest absolute Gasteiger partial charge is 0.293 e. The molecule has 0 radical (unpaired) electrons. The van der Waals surface area contributed by atoms with Gasteiger partial charge in [-0.2, -0.15) is 0 Å². The summed E-state index contributed by atoms with van der Waals surface area (Å²) in [4.78, 5) is 45.6. The Labute approximate surface area is 154 Å². The van der Waals surface area contributed by atoms with Gasteiger partial charge < -0.3 is 5.32 Å². The summed E-state index contributed by atoms with van der Waals surface area (Å²) in [6.07, 6.45) is 5.93. The topological polar surface area (TPSA) is 92.3 Å². The Morgan fingerprint density at radius 2 is 2.00 bits per heavy atom. The SMILES string of the molecule is Cc1ccc(/C=C2/SC(=O)N(CCNC(=O)c3cnccn3)C2=O)cc1. The zero-order valence-corrected chi connectivity index (χ0v) is 14.8. The van der Waals surface area contributed by atoms with Crippen LogP contribution in [-0.2, 0) is 4.79 Å². The van der Waals surface area contributed by atoms with E-state index in [4.69, 9.17) is 0 Å². The first-order chi connectivity index (χ1) is 12.5. The molecule has 0 spiro atoms. The van der Waals surface area contributed by atoms with Crippen LogP contribution in [0.5, 0.6) is 0 Å². The Balaban J connectivity index is 1.59. The van der Waals surface area contributed by atoms with Gasteiger partial charge in [-0.05, 0) is 30.3 Å². The predicted molar refractivity (Wildman–Crippen MR) is 98.2 cm³/mol. The van der Waals surface area contributed by atoms with Crippen molar-refractivity contribution in [3.63, 3.8) is 0 Å². The van der Waals surface area contributed by atoms with E-state index in [0.717, 1.165) is 27.8 Å². The molecule has 2 aromatic rings. The van der Waals surface area contributed by atoms with E-state index in [2.05, 4.69) is 15.3 Å². The van der Waals surface area contributed by atoms with E-state index in [9.17, 15) is 14.4 Å². The van der Waals surface area contributed by atoms with E-state index in [1.807, 2.05) is 31.2 Å².